The van der Waals surface area contributed by atoms with Gasteiger partial charge in [0.05, 0.1) is 6.10 Å². The topological polar surface area (TPSA) is 37.3 Å². The van der Waals surface area contributed by atoms with Gasteiger partial charge in [0.15, 0.2) is 0 Å². The van der Waals surface area contributed by atoms with Crippen LogP contribution in [0.3, 0.4) is 0 Å². The molecule has 0 radical (unpaired) electrons. The first-order valence-electron chi connectivity index (χ1n) is 11.5. The predicted octanol–water partition coefficient (Wildman–Crippen LogP) is 5.48. The minimum Gasteiger partial charge on any atom is -0.393 e. The second kappa shape index (κ2) is 6.61. The summed E-state index contributed by atoms with van der Waals surface area (Å²) in [6.45, 7) is 9.49. The molecule has 0 aliphatic heterocycles. The van der Waals surface area contributed by atoms with Crippen LogP contribution in [0, 0.1) is 52.3 Å². The fourth-order valence-corrected chi connectivity index (χ4v) is 9.04. The van der Waals surface area contributed by atoms with E-state index in [1.165, 1.54) is 57.7 Å². The summed E-state index contributed by atoms with van der Waals surface area (Å²) in [4.78, 5) is 11.5. The first-order chi connectivity index (χ1) is 12.4. The maximum atomic E-state index is 11.6. The molecule has 4 rings (SSSR count). The highest BCUT2D eigenvalue weighted by atomic mass is 16.3. The van der Waals surface area contributed by atoms with Crippen LogP contribution < -0.4 is 0 Å². The van der Waals surface area contributed by atoms with Crippen molar-refractivity contribution in [2.75, 3.05) is 0 Å². The number of hydrogen-bond acceptors (Lipinski definition) is 2. The van der Waals surface area contributed by atoms with E-state index in [4.69, 9.17) is 0 Å². The van der Waals surface area contributed by atoms with Gasteiger partial charge in [-0.15, -0.1) is 0 Å². The van der Waals surface area contributed by atoms with Gasteiger partial charge in [-0.25, -0.2) is 0 Å². The van der Waals surface area contributed by atoms with E-state index in [1.807, 2.05) is 0 Å². The Morgan fingerprint density at radius 1 is 1.00 bits per heavy atom. The van der Waals surface area contributed by atoms with Crippen LogP contribution in [-0.2, 0) is 4.79 Å². The summed E-state index contributed by atoms with van der Waals surface area (Å²) in [5.41, 5.74) is 0.705. The molecule has 10 atom stereocenters. The molecule has 4 fully saturated rings. The molecule has 26 heavy (non-hydrogen) atoms. The number of hydrogen-bond donors (Lipinski definition) is 1. The molecule has 0 aromatic heterocycles. The summed E-state index contributed by atoms with van der Waals surface area (Å²) in [6.07, 6.45) is 12.6. The van der Waals surface area contributed by atoms with Crippen molar-refractivity contribution in [1.82, 2.24) is 0 Å². The Bertz CT molecular complexity index is 544. The Balaban J connectivity index is 1.71. The van der Waals surface area contributed by atoms with Crippen LogP contribution in [0.25, 0.3) is 0 Å². The Labute approximate surface area is 160 Å². The van der Waals surface area contributed by atoms with Gasteiger partial charge in [-0.1, -0.05) is 47.0 Å². The van der Waals surface area contributed by atoms with E-state index < -0.39 is 0 Å². The van der Waals surface area contributed by atoms with Crippen molar-refractivity contribution >= 4 is 6.29 Å². The minimum absolute atomic E-state index is 0.115. The second-order valence-corrected chi connectivity index (χ2v) is 10.9. The van der Waals surface area contributed by atoms with Crippen molar-refractivity contribution in [1.29, 1.82) is 0 Å². The van der Waals surface area contributed by atoms with Gasteiger partial charge in [-0.2, -0.15) is 0 Å². The maximum Gasteiger partial charge on any atom is 0.123 e. The van der Waals surface area contributed by atoms with Crippen LogP contribution in [0.5, 0.6) is 0 Å². The molecule has 0 aromatic rings. The Morgan fingerprint density at radius 3 is 2.42 bits per heavy atom. The lowest BCUT2D eigenvalue weighted by molar-refractivity contribution is -0.194. The van der Waals surface area contributed by atoms with Gasteiger partial charge in [-0.3, -0.25) is 0 Å². The Morgan fingerprint density at radius 2 is 1.73 bits per heavy atom. The fourth-order valence-electron chi connectivity index (χ4n) is 9.04. The van der Waals surface area contributed by atoms with E-state index in [1.54, 1.807) is 0 Å². The molecular weight excluding hydrogens is 320 g/mol. The lowest BCUT2D eigenvalue weighted by Gasteiger charge is -2.64. The second-order valence-electron chi connectivity index (χ2n) is 10.9. The van der Waals surface area contributed by atoms with Crippen molar-refractivity contribution in [3.8, 4) is 0 Å². The summed E-state index contributed by atoms with van der Waals surface area (Å²) >= 11 is 0. The van der Waals surface area contributed by atoms with Gasteiger partial charge in [-0.05, 0) is 84.9 Å². The highest BCUT2D eigenvalue weighted by Crippen LogP contribution is 2.69. The number of carbonyl (C=O) groups excluding carboxylic acids is 1. The molecule has 0 amide bonds. The van der Waals surface area contributed by atoms with Gasteiger partial charge in [0.25, 0.3) is 0 Å². The first kappa shape index (κ1) is 19.0. The number of aldehydes is 1. The zero-order valence-electron chi connectivity index (χ0n) is 17.4. The van der Waals surface area contributed by atoms with E-state index in [0.717, 1.165) is 12.3 Å². The molecule has 0 spiro atoms. The lowest BCUT2D eigenvalue weighted by Crippen LogP contribution is -2.61. The van der Waals surface area contributed by atoms with E-state index >= 15 is 0 Å². The van der Waals surface area contributed by atoms with Crippen LogP contribution in [-0.4, -0.2) is 17.5 Å². The molecule has 4 saturated carbocycles. The van der Waals surface area contributed by atoms with E-state index in [-0.39, 0.29) is 17.4 Å². The van der Waals surface area contributed by atoms with Gasteiger partial charge in [0.1, 0.15) is 6.29 Å². The number of carbonyl (C=O) groups is 1. The SMILES string of the molecule is CC[C@@H]1C2CCCC[C@]2(C)C2CC[C@@]3(C)C(CC[C@@H]3[C@H](C)C=O)C2[C@@H]1O. The van der Waals surface area contributed by atoms with Gasteiger partial charge < -0.3 is 9.90 Å². The molecule has 1 N–H and O–H groups in total. The molecule has 0 heterocycles. The molecule has 4 aliphatic rings. The number of fused-ring (bicyclic) bond motifs is 5. The number of aliphatic hydroxyl groups excluding tert-OH is 1. The fraction of sp³-hybridized carbons (Fsp3) is 0.958. The third-order valence-corrected chi connectivity index (χ3v) is 10.3. The van der Waals surface area contributed by atoms with E-state index in [2.05, 4.69) is 27.7 Å². The van der Waals surface area contributed by atoms with Gasteiger partial charge in [0, 0.05) is 5.92 Å². The molecular formula is C24H40O2. The maximum absolute atomic E-state index is 11.6. The molecule has 148 valence electrons. The van der Waals surface area contributed by atoms with Crippen LogP contribution in [0.15, 0.2) is 0 Å². The summed E-state index contributed by atoms with van der Waals surface area (Å²) in [7, 11) is 0. The Kier molecular flexibility index (Phi) is 4.82. The third kappa shape index (κ3) is 2.43. The normalized spacial score (nSPS) is 54.7. The average Bonchev–Trinajstić information content (AvgIpc) is 2.99. The predicted molar refractivity (Wildman–Crippen MR) is 106 cm³/mol. The van der Waals surface area contributed by atoms with Crippen LogP contribution in [0.4, 0.5) is 0 Å². The standard InChI is InChI=1S/C24H40O2/c1-5-16-18-8-6-7-12-23(18,3)20-11-13-24(4)17(15(2)14-25)9-10-19(24)21(20)22(16)26/h14-22,26H,5-13H2,1-4H3/t15-,16-,17-,18?,19?,20?,21?,22-,23+,24-/m1/s1. The third-order valence-electron chi connectivity index (χ3n) is 10.3. The average molecular weight is 361 g/mol. The molecule has 0 aromatic carbocycles. The van der Waals surface area contributed by atoms with Crippen LogP contribution in [0.2, 0.25) is 0 Å². The highest BCUT2D eigenvalue weighted by Gasteiger charge is 2.64. The molecule has 0 bridgehead atoms. The number of aliphatic hydroxyl groups is 1. The molecule has 2 nitrogen and oxygen atoms in total. The van der Waals surface area contributed by atoms with Crippen LogP contribution >= 0.6 is 0 Å². The molecule has 4 unspecified atom stereocenters. The molecule has 0 saturated heterocycles. The van der Waals surface area contributed by atoms with E-state index in [9.17, 15) is 9.90 Å². The van der Waals surface area contributed by atoms with Crippen molar-refractivity contribution in [3.63, 3.8) is 0 Å². The van der Waals surface area contributed by atoms with Crippen molar-refractivity contribution in [2.45, 2.75) is 91.6 Å². The van der Waals surface area contributed by atoms with Crippen LogP contribution in [0.1, 0.15) is 85.5 Å². The molecule has 4 aliphatic carbocycles. The monoisotopic (exact) mass is 360 g/mol. The largest absolute Gasteiger partial charge is 0.393 e. The Hall–Kier alpha value is -0.370. The van der Waals surface area contributed by atoms with E-state index in [0.29, 0.717) is 35.0 Å². The molecule has 2 heteroatoms. The van der Waals surface area contributed by atoms with Crippen molar-refractivity contribution in [3.05, 3.63) is 0 Å². The zero-order chi connectivity index (χ0) is 18.7. The summed E-state index contributed by atoms with van der Waals surface area (Å²) in [6, 6.07) is 0. The van der Waals surface area contributed by atoms with Crippen molar-refractivity contribution < 1.29 is 9.90 Å². The number of rotatable bonds is 3. The summed E-state index contributed by atoms with van der Waals surface area (Å²) < 4.78 is 0. The van der Waals surface area contributed by atoms with Gasteiger partial charge in [0.2, 0.25) is 0 Å². The lowest BCUT2D eigenvalue weighted by atomic mass is 9.41. The van der Waals surface area contributed by atoms with Gasteiger partial charge >= 0.3 is 0 Å². The summed E-state index contributed by atoms with van der Waals surface area (Å²) in [5, 5.41) is 11.6. The smallest absolute Gasteiger partial charge is 0.123 e. The minimum atomic E-state index is -0.115. The first-order valence-corrected chi connectivity index (χ1v) is 11.5. The van der Waals surface area contributed by atoms with Crippen molar-refractivity contribution in [2.24, 2.45) is 52.3 Å². The quantitative estimate of drug-likeness (QED) is 0.677. The highest BCUT2D eigenvalue weighted by molar-refractivity contribution is 5.53. The zero-order valence-corrected chi connectivity index (χ0v) is 17.4. The summed E-state index contributed by atoms with van der Waals surface area (Å²) in [5.74, 6) is 3.71.